The molecule has 0 unspecified atom stereocenters. The molecule has 0 aliphatic carbocycles. The molecule has 0 fully saturated rings. The summed E-state index contributed by atoms with van der Waals surface area (Å²) in [6.07, 6.45) is 3.78. The number of aromatic nitrogens is 3. The second-order valence-electron chi connectivity index (χ2n) is 9.95. The highest BCUT2D eigenvalue weighted by Crippen LogP contribution is 2.41. The fourth-order valence-electron chi connectivity index (χ4n) is 6.17. The summed E-state index contributed by atoms with van der Waals surface area (Å²) < 4.78 is 4.55. The standard InChI is InChI=1S/C36H22N4/c1-37-30-15-10-20-35(40-33-18-8-4-13-28(33)29-14-5-9-19-34(29)40)36(30)24-21-25(23-38-22-24)39-31-16-6-2-11-26(31)27-12-3-7-17-32(27)39/h2-23H. The van der Waals surface area contributed by atoms with E-state index in [0.717, 1.165) is 44.6 Å². The van der Waals surface area contributed by atoms with Crippen molar-refractivity contribution >= 4 is 49.3 Å². The number of nitrogens with zero attached hydrogens (tertiary/aromatic N) is 4. The van der Waals surface area contributed by atoms with Crippen LogP contribution in [0.2, 0.25) is 0 Å². The molecule has 4 heteroatoms. The van der Waals surface area contributed by atoms with Gasteiger partial charge < -0.3 is 9.13 Å². The number of hydrogen-bond donors (Lipinski definition) is 0. The van der Waals surface area contributed by atoms with E-state index in [4.69, 9.17) is 11.6 Å². The van der Waals surface area contributed by atoms with E-state index in [9.17, 15) is 0 Å². The summed E-state index contributed by atoms with van der Waals surface area (Å²) in [4.78, 5) is 8.69. The first-order valence-corrected chi connectivity index (χ1v) is 13.3. The lowest BCUT2D eigenvalue weighted by atomic mass is 10.0. The Morgan fingerprint density at radius 3 is 1.55 bits per heavy atom. The van der Waals surface area contributed by atoms with E-state index in [0.29, 0.717) is 5.69 Å². The van der Waals surface area contributed by atoms with E-state index < -0.39 is 0 Å². The van der Waals surface area contributed by atoms with Crippen LogP contribution in [0.15, 0.2) is 134 Å². The molecule has 0 radical (unpaired) electrons. The van der Waals surface area contributed by atoms with Crippen molar-refractivity contribution in [2.24, 2.45) is 0 Å². The highest BCUT2D eigenvalue weighted by Gasteiger charge is 2.19. The number of hydrogen-bond acceptors (Lipinski definition) is 1. The van der Waals surface area contributed by atoms with Crippen molar-refractivity contribution in [3.8, 4) is 22.5 Å². The summed E-state index contributed by atoms with van der Waals surface area (Å²) in [5.74, 6) is 0. The molecule has 0 aliphatic rings. The Bertz CT molecular complexity index is 2190. The number of pyridine rings is 1. The molecule has 0 saturated carbocycles. The summed E-state index contributed by atoms with van der Waals surface area (Å²) in [6, 6.07) is 42.0. The van der Waals surface area contributed by atoms with Crippen LogP contribution in [0.3, 0.4) is 0 Å². The van der Waals surface area contributed by atoms with Gasteiger partial charge in [0, 0.05) is 39.0 Å². The van der Waals surface area contributed by atoms with Gasteiger partial charge >= 0.3 is 0 Å². The minimum Gasteiger partial charge on any atom is -0.310 e. The van der Waals surface area contributed by atoms with Gasteiger partial charge in [0.25, 0.3) is 0 Å². The quantitative estimate of drug-likeness (QED) is 0.217. The van der Waals surface area contributed by atoms with Gasteiger partial charge in [-0.25, -0.2) is 4.85 Å². The maximum absolute atomic E-state index is 8.08. The van der Waals surface area contributed by atoms with Crippen molar-refractivity contribution in [3.05, 3.63) is 145 Å². The van der Waals surface area contributed by atoms with Gasteiger partial charge in [0.05, 0.1) is 40.5 Å². The van der Waals surface area contributed by atoms with E-state index in [2.05, 4.69) is 123 Å². The lowest BCUT2D eigenvalue weighted by Crippen LogP contribution is -1.99. The average molecular weight is 511 g/mol. The van der Waals surface area contributed by atoms with Gasteiger partial charge in [-0.3, -0.25) is 4.98 Å². The minimum atomic E-state index is 0.598. The van der Waals surface area contributed by atoms with Crippen molar-refractivity contribution < 1.29 is 0 Å². The van der Waals surface area contributed by atoms with Crippen LogP contribution >= 0.6 is 0 Å². The summed E-state index contributed by atoms with van der Waals surface area (Å²) >= 11 is 0. The molecule has 0 N–H and O–H groups in total. The maximum Gasteiger partial charge on any atom is 0.197 e. The van der Waals surface area contributed by atoms with Gasteiger partial charge in [0.15, 0.2) is 5.69 Å². The highest BCUT2D eigenvalue weighted by atomic mass is 15.0. The van der Waals surface area contributed by atoms with Gasteiger partial charge in [-0.05, 0) is 42.0 Å². The molecule has 0 aliphatic heterocycles. The van der Waals surface area contributed by atoms with Crippen LogP contribution in [0.5, 0.6) is 0 Å². The second kappa shape index (κ2) is 8.69. The smallest absolute Gasteiger partial charge is 0.197 e. The molecule has 3 aromatic heterocycles. The number of fused-ring (bicyclic) bond motifs is 6. The van der Waals surface area contributed by atoms with Crippen LogP contribution in [0.4, 0.5) is 5.69 Å². The minimum absolute atomic E-state index is 0.598. The third kappa shape index (κ3) is 3.15. The zero-order valence-corrected chi connectivity index (χ0v) is 21.5. The van der Waals surface area contributed by atoms with E-state index in [1.165, 1.54) is 21.5 Å². The Kier molecular flexibility index (Phi) is 4.85. The molecule has 0 saturated heterocycles. The Morgan fingerprint density at radius 2 is 1.02 bits per heavy atom. The van der Waals surface area contributed by atoms with Crippen LogP contribution in [-0.4, -0.2) is 14.1 Å². The molecule has 186 valence electrons. The van der Waals surface area contributed by atoms with Crippen LogP contribution in [-0.2, 0) is 0 Å². The molecule has 8 rings (SSSR count). The number of rotatable bonds is 3. The van der Waals surface area contributed by atoms with Crippen molar-refractivity contribution in [1.82, 2.24) is 14.1 Å². The largest absolute Gasteiger partial charge is 0.310 e. The lowest BCUT2D eigenvalue weighted by Gasteiger charge is -2.16. The van der Waals surface area contributed by atoms with E-state index in [1.54, 1.807) is 0 Å². The van der Waals surface area contributed by atoms with Crippen LogP contribution < -0.4 is 0 Å². The monoisotopic (exact) mass is 510 g/mol. The molecule has 4 nitrogen and oxygen atoms in total. The lowest BCUT2D eigenvalue weighted by molar-refractivity contribution is 1.14. The predicted octanol–water partition coefficient (Wildman–Crippen LogP) is 9.49. The molecule has 0 atom stereocenters. The molecule has 0 amide bonds. The van der Waals surface area contributed by atoms with Gasteiger partial charge in [-0.15, -0.1) is 0 Å². The van der Waals surface area contributed by atoms with Crippen LogP contribution in [0.1, 0.15) is 0 Å². The zero-order valence-electron chi connectivity index (χ0n) is 21.5. The summed E-state index contributed by atoms with van der Waals surface area (Å²) in [6.45, 7) is 8.08. The molecule has 40 heavy (non-hydrogen) atoms. The van der Waals surface area contributed by atoms with E-state index in [1.807, 2.05) is 24.5 Å². The van der Waals surface area contributed by atoms with Crippen molar-refractivity contribution in [3.63, 3.8) is 0 Å². The topological polar surface area (TPSA) is 27.1 Å². The van der Waals surface area contributed by atoms with Crippen molar-refractivity contribution in [2.75, 3.05) is 0 Å². The average Bonchev–Trinajstić information content (AvgIpc) is 3.54. The van der Waals surface area contributed by atoms with Gasteiger partial charge in [0.1, 0.15) is 0 Å². The maximum atomic E-state index is 8.08. The van der Waals surface area contributed by atoms with Gasteiger partial charge in [-0.1, -0.05) is 84.9 Å². The second-order valence-corrected chi connectivity index (χ2v) is 9.95. The predicted molar refractivity (Wildman–Crippen MR) is 165 cm³/mol. The third-order valence-electron chi connectivity index (χ3n) is 7.81. The molecule has 3 heterocycles. The fraction of sp³-hybridized carbons (Fsp3) is 0. The summed E-state index contributed by atoms with van der Waals surface area (Å²) in [5, 5.41) is 4.79. The molecular weight excluding hydrogens is 488 g/mol. The molecule has 0 spiro atoms. The van der Waals surface area contributed by atoms with Crippen molar-refractivity contribution in [1.29, 1.82) is 0 Å². The van der Waals surface area contributed by atoms with E-state index >= 15 is 0 Å². The number of benzene rings is 5. The molecular formula is C36H22N4. The normalized spacial score (nSPS) is 11.5. The Labute approximate surface area is 230 Å². The van der Waals surface area contributed by atoms with Crippen LogP contribution in [0.25, 0.3) is 71.0 Å². The van der Waals surface area contributed by atoms with Gasteiger partial charge in [-0.2, -0.15) is 0 Å². The molecule has 8 aromatic rings. The van der Waals surface area contributed by atoms with Gasteiger partial charge in [0.2, 0.25) is 0 Å². The zero-order chi connectivity index (χ0) is 26.6. The first-order valence-electron chi connectivity index (χ1n) is 13.3. The SMILES string of the molecule is [C-]#[N+]c1cccc(-n2c3ccccc3c3ccccc32)c1-c1cncc(-n2c3ccccc3c3ccccc32)c1. The fourth-order valence-corrected chi connectivity index (χ4v) is 6.17. The molecule has 5 aromatic carbocycles. The Balaban J connectivity index is 1.43. The Morgan fingerprint density at radius 1 is 0.525 bits per heavy atom. The van der Waals surface area contributed by atoms with Crippen LogP contribution in [0, 0.1) is 6.57 Å². The first kappa shape index (κ1) is 22.3. The highest BCUT2D eigenvalue weighted by molar-refractivity contribution is 6.11. The Hall–Kier alpha value is -5.66. The summed E-state index contributed by atoms with van der Waals surface area (Å²) in [5.41, 5.74) is 8.78. The first-order chi connectivity index (χ1) is 19.8. The van der Waals surface area contributed by atoms with Crippen molar-refractivity contribution in [2.45, 2.75) is 0 Å². The van der Waals surface area contributed by atoms with E-state index in [-0.39, 0.29) is 0 Å². The number of para-hydroxylation sites is 4. The molecule has 0 bridgehead atoms. The third-order valence-corrected chi connectivity index (χ3v) is 7.81. The summed E-state index contributed by atoms with van der Waals surface area (Å²) in [7, 11) is 0.